The molecule has 1 aromatic heterocycles. The van der Waals surface area contributed by atoms with Crippen molar-refractivity contribution in [2.24, 2.45) is 0 Å². The first kappa shape index (κ1) is 18.1. The van der Waals surface area contributed by atoms with Crippen molar-refractivity contribution in [1.82, 2.24) is 9.97 Å². The van der Waals surface area contributed by atoms with Crippen LogP contribution < -0.4 is 10.2 Å². The number of hydrogen-bond acceptors (Lipinski definition) is 6. The monoisotopic (exact) mass is 355 g/mol. The minimum absolute atomic E-state index is 0.0935. The number of rotatable bonds is 6. The Hall–Kier alpha value is -2.70. The van der Waals surface area contributed by atoms with Gasteiger partial charge in [-0.05, 0) is 38.7 Å². The molecular weight excluding hydrogens is 330 g/mol. The van der Waals surface area contributed by atoms with Crippen molar-refractivity contribution in [3.63, 3.8) is 0 Å². The van der Waals surface area contributed by atoms with Crippen molar-refractivity contribution in [2.45, 2.75) is 46.0 Å². The van der Waals surface area contributed by atoms with Gasteiger partial charge in [0.2, 0.25) is 5.95 Å². The average Bonchev–Trinajstić information content (AvgIpc) is 2.64. The Bertz CT molecular complexity index is 787. The highest BCUT2D eigenvalue weighted by Crippen LogP contribution is 2.26. The molecule has 1 aromatic carbocycles. The molecule has 0 bridgehead atoms. The number of nitro groups is 1. The number of anilines is 3. The van der Waals surface area contributed by atoms with Gasteiger partial charge < -0.3 is 10.2 Å². The molecule has 1 aliphatic rings. The molecule has 2 aromatic rings. The summed E-state index contributed by atoms with van der Waals surface area (Å²) in [6.07, 6.45) is 5.51. The minimum atomic E-state index is -0.367. The lowest BCUT2D eigenvalue weighted by Crippen LogP contribution is -2.30. The Morgan fingerprint density at radius 1 is 1.19 bits per heavy atom. The predicted molar refractivity (Wildman–Crippen MR) is 103 cm³/mol. The lowest BCUT2D eigenvalue weighted by atomic mass is 10.1. The maximum atomic E-state index is 11.2. The topological polar surface area (TPSA) is 84.2 Å². The second-order valence-electron chi connectivity index (χ2n) is 6.72. The van der Waals surface area contributed by atoms with Gasteiger partial charge in [-0.15, -0.1) is 0 Å². The smallest absolute Gasteiger partial charge is 0.274 e. The summed E-state index contributed by atoms with van der Waals surface area (Å²) in [6.45, 7) is 5.88. The number of aromatic nitrogens is 2. The second kappa shape index (κ2) is 8.12. The standard InChI is InChI=1S/C19H25N5O2/c1-3-7-15-13-18(23-10-5-4-6-11-23)22-19(20-15)21-16-9-8-14(2)17(12-16)24(25)26/h8-9,12-13H,3-7,10-11H2,1-2H3,(H,20,21,22). The Labute approximate surface area is 153 Å². The summed E-state index contributed by atoms with van der Waals surface area (Å²) in [7, 11) is 0. The SMILES string of the molecule is CCCc1cc(N2CCCCC2)nc(Nc2ccc(C)c([N+](=O)[O-])c2)n1. The Morgan fingerprint density at radius 2 is 1.96 bits per heavy atom. The third-order valence-electron chi connectivity index (χ3n) is 4.61. The number of nitro benzene ring substituents is 1. The minimum Gasteiger partial charge on any atom is -0.356 e. The molecule has 138 valence electrons. The fourth-order valence-electron chi connectivity index (χ4n) is 3.22. The fraction of sp³-hybridized carbons (Fsp3) is 0.474. The Kier molecular flexibility index (Phi) is 5.65. The van der Waals surface area contributed by atoms with Gasteiger partial charge in [0.05, 0.1) is 4.92 Å². The van der Waals surface area contributed by atoms with Gasteiger partial charge in [0.15, 0.2) is 0 Å². The lowest BCUT2D eigenvalue weighted by Gasteiger charge is -2.28. The highest BCUT2D eigenvalue weighted by Gasteiger charge is 2.16. The van der Waals surface area contributed by atoms with E-state index in [-0.39, 0.29) is 10.6 Å². The van der Waals surface area contributed by atoms with E-state index in [4.69, 9.17) is 0 Å². The van der Waals surface area contributed by atoms with Gasteiger partial charge in [-0.3, -0.25) is 10.1 Å². The van der Waals surface area contributed by atoms with Crippen molar-refractivity contribution >= 4 is 23.1 Å². The third-order valence-corrected chi connectivity index (χ3v) is 4.61. The van der Waals surface area contributed by atoms with Crippen molar-refractivity contribution in [1.29, 1.82) is 0 Å². The molecule has 3 rings (SSSR count). The number of nitrogens with zero attached hydrogens (tertiary/aromatic N) is 4. The van der Waals surface area contributed by atoms with Gasteiger partial charge >= 0.3 is 0 Å². The Morgan fingerprint density at radius 3 is 2.65 bits per heavy atom. The number of nitrogens with one attached hydrogen (secondary N) is 1. The van der Waals surface area contributed by atoms with E-state index in [2.05, 4.69) is 33.2 Å². The molecule has 1 N–H and O–H groups in total. The van der Waals surface area contributed by atoms with Gasteiger partial charge in [-0.25, -0.2) is 4.98 Å². The fourth-order valence-corrected chi connectivity index (χ4v) is 3.22. The van der Waals surface area contributed by atoms with Gasteiger partial charge in [0.25, 0.3) is 5.69 Å². The first-order chi connectivity index (χ1) is 12.6. The van der Waals surface area contributed by atoms with Gasteiger partial charge in [0.1, 0.15) is 5.82 Å². The molecule has 0 radical (unpaired) electrons. The molecule has 7 heteroatoms. The van der Waals surface area contributed by atoms with Gasteiger partial charge in [-0.1, -0.05) is 19.4 Å². The van der Waals surface area contributed by atoms with Crippen molar-refractivity contribution in [3.05, 3.63) is 45.6 Å². The van der Waals surface area contributed by atoms with Crippen LogP contribution in [0, 0.1) is 17.0 Å². The van der Waals surface area contributed by atoms with E-state index in [1.54, 1.807) is 13.0 Å². The highest BCUT2D eigenvalue weighted by atomic mass is 16.6. The summed E-state index contributed by atoms with van der Waals surface area (Å²) >= 11 is 0. The van der Waals surface area contributed by atoms with Crippen LogP contribution in [-0.4, -0.2) is 28.0 Å². The average molecular weight is 355 g/mol. The van der Waals surface area contributed by atoms with Crippen LogP contribution in [0.5, 0.6) is 0 Å². The number of aryl methyl sites for hydroxylation is 2. The molecule has 1 saturated heterocycles. The highest BCUT2D eigenvalue weighted by molar-refractivity contribution is 5.61. The maximum absolute atomic E-state index is 11.2. The van der Waals surface area contributed by atoms with Crippen LogP contribution in [0.4, 0.5) is 23.1 Å². The van der Waals surface area contributed by atoms with Gasteiger partial charge in [-0.2, -0.15) is 4.98 Å². The van der Waals surface area contributed by atoms with E-state index < -0.39 is 0 Å². The molecule has 0 amide bonds. The zero-order valence-corrected chi connectivity index (χ0v) is 15.4. The lowest BCUT2D eigenvalue weighted by molar-refractivity contribution is -0.385. The van der Waals surface area contributed by atoms with E-state index in [1.165, 1.54) is 25.3 Å². The summed E-state index contributed by atoms with van der Waals surface area (Å²) in [5.74, 6) is 1.43. The van der Waals surface area contributed by atoms with Crippen LogP contribution in [-0.2, 0) is 6.42 Å². The van der Waals surface area contributed by atoms with E-state index in [9.17, 15) is 10.1 Å². The zero-order chi connectivity index (χ0) is 18.5. The number of piperidine rings is 1. The maximum Gasteiger partial charge on any atom is 0.274 e. The van der Waals surface area contributed by atoms with Crippen LogP contribution in [0.3, 0.4) is 0 Å². The molecule has 0 atom stereocenters. The van der Waals surface area contributed by atoms with Crippen molar-refractivity contribution < 1.29 is 4.92 Å². The quantitative estimate of drug-likeness (QED) is 0.611. The molecule has 0 aliphatic carbocycles. The molecule has 0 saturated carbocycles. The second-order valence-corrected chi connectivity index (χ2v) is 6.72. The largest absolute Gasteiger partial charge is 0.356 e. The van der Waals surface area contributed by atoms with E-state index in [0.717, 1.165) is 37.4 Å². The predicted octanol–water partition coefficient (Wildman–Crippen LogP) is 4.38. The summed E-state index contributed by atoms with van der Waals surface area (Å²) in [5.41, 5.74) is 2.35. The first-order valence-corrected chi connectivity index (χ1v) is 9.22. The summed E-state index contributed by atoms with van der Waals surface area (Å²) in [5, 5.41) is 14.3. The summed E-state index contributed by atoms with van der Waals surface area (Å²) in [6, 6.07) is 7.16. The van der Waals surface area contributed by atoms with E-state index >= 15 is 0 Å². The molecule has 2 heterocycles. The molecular formula is C19H25N5O2. The van der Waals surface area contributed by atoms with E-state index in [1.807, 2.05) is 6.07 Å². The normalized spacial score (nSPS) is 14.3. The van der Waals surface area contributed by atoms with Gasteiger partial charge in [0, 0.05) is 42.2 Å². The van der Waals surface area contributed by atoms with Crippen LogP contribution >= 0.6 is 0 Å². The number of hydrogen-bond donors (Lipinski definition) is 1. The summed E-state index contributed by atoms with van der Waals surface area (Å²) < 4.78 is 0. The van der Waals surface area contributed by atoms with Crippen LogP contribution in [0.25, 0.3) is 0 Å². The number of benzene rings is 1. The molecule has 1 fully saturated rings. The molecule has 1 aliphatic heterocycles. The molecule has 26 heavy (non-hydrogen) atoms. The Balaban J connectivity index is 1.89. The van der Waals surface area contributed by atoms with Crippen LogP contribution in [0.15, 0.2) is 24.3 Å². The van der Waals surface area contributed by atoms with E-state index in [0.29, 0.717) is 17.2 Å². The van der Waals surface area contributed by atoms with Crippen LogP contribution in [0.2, 0.25) is 0 Å². The molecule has 0 spiro atoms. The summed E-state index contributed by atoms with van der Waals surface area (Å²) in [4.78, 5) is 22.4. The third kappa shape index (κ3) is 4.28. The molecule has 0 unspecified atom stereocenters. The first-order valence-electron chi connectivity index (χ1n) is 9.22. The van der Waals surface area contributed by atoms with Crippen LogP contribution in [0.1, 0.15) is 43.9 Å². The molecule has 7 nitrogen and oxygen atoms in total. The van der Waals surface area contributed by atoms with Crippen molar-refractivity contribution in [3.8, 4) is 0 Å². The van der Waals surface area contributed by atoms with Crippen molar-refractivity contribution in [2.75, 3.05) is 23.3 Å². The zero-order valence-electron chi connectivity index (χ0n) is 15.4.